The molecule has 1 unspecified atom stereocenters. The largest absolute Gasteiger partial charge is 0.356 e. The van der Waals surface area contributed by atoms with E-state index in [1.807, 2.05) is 33.4 Å². The third kappa shape index (κ3) is 53.5. The molecule has 0 radical (unpaired) electrons. The maximum atomic E-state index is 11.7. The Bertz CT molecular complexity index is 1370. The van der Waals surface area contributed by atoms with Crippen LogP contribution in [0.5, 0.6) is 0 Å². The molecule has 56 heavy (non-hydrogen) atoms. The highest BCUT2D eigenvalue weighted by molar-refractivity contribution is 14.1. The highest BCUT2D eigenvalue weighted by atomic mass is 127. The van der Waals surface area contributed by atoms with E-state index >= 15 is 0 Å². The summed E-state index contributed by atoms with van der Waals surface area (Å²) in [4.78, 5) is 57.6. The molecule has 0 rings (SSSR count). The van der Waals surface area contributed by atoms with Gasteiger partial charge in [-0.05, 0) is 119 Å². The molecular formula is C35H70IN9O9S2. The molecule has 0 saturated heterocycles. The molecule has 0 fully saturated rings. The first-order valence-electron chi connectivity index (χ1n) is 18.3. The Morgan fingerprint density at radius 1 is 0.661 bits per heavy atom. The Morgan fingerprint density at radius 2 is 1.05 bits per heavy atom. The number of sulfonamides is 1. The van der Waals surface area contributed by atoms with Gasteiger partial charge in [-0.15, -0.1) is 0 Å². The molecule has 21 heteroatoms. The SMILES string of the molecule is CC(=O)CCCS(=O)(=O)C(CC#N)C(C)=O.CC(=O)CCCS(=O)(=O)NC(C)=O.CC(=O)NCCCN(C)CCCN.CN(CCCN)CCCN.N#CCI. The molecule has 0 aromatic carbocycles. The van der Waals surface area contributed by atoms with Crippen molar-refractivity contribution in [1.82, 2.24) is 19.8 Å². The van der Waals surface area contributed by atoms with E-state index in [4.69, 9.17) is 27.7 Å². The van der Waals surface area contributed by atoms with Crippen LogP contribution in [0, 0.1) is 22.7 Å². The summed E-state index contributed by atoms with van der Waals surface area (Å²) < 4.78 is 47.7. The van der Waals surface area contributed by atoms with Gasteiger partial charge < -0.3 is 41.9 Å². The van der Waals surface area contributed by atoms with Crippen molar-refractivity contribution in [2.75, 3.05) is 82.4 Å². The van der Waals surface area contributed by atoms with Crippen LogP contribution in [-0.2, 0) is 43.8 Å². The predicted molar refractivity (Wildman–Crippen MR) is 230 cm³/mol. The first-order chi connectivity index (χ1) is 26.0. The summed E-state index contributed by atoms with van der Waals surface area (Å²) in [5, 5.41) is 17.6. The zero-order chi connectivity index (χ0) is 44.6. The Labute approximate surface area is 350 Å². The number of amides is 2. The number of halogens is 1. The topological polar surface area (TPSA) is 310 Å². The lowest BCUT2D eigenvalue weighted by Crippen LogP contribution is -2.30. The Balaban J connectivity index is -0.000000202. The van der Waals surface area contributed by atoms with Crippen molar-refractivity contribution in [3.05, 3.63) is 0 Å². The standard InChI is InChI=1S/C10H15NO4S.C9H21N3O.C7H19N3.C7H13NO4S.C2H2IN/c1-8(12)4-3-7-16(14,15)10(5-6-11)9(2)13;1-9(13)11-6-4-8-12(2)7-3-5-10;1-10(6-2-4-8)7-3-5-9;1-6(9)4-3-5-13(11,12)8-7(2)10;3-1-2-4/h10H,3-5,7H2,1-2H3;3-8,10H2,1-2H3,(H,11,13);2-9H2,1H3;3-5H2,1-2H3,(H,8,10);1H2. The molecule has 1 atom stereocenters. The van der Waals surface area contributed by atoms with Crippen molar-refractivity contribution in [2.24, 2.45) is 17.2 Å². The lowest BCUT2D eigenvalue weighted by atomic mass is 10.2. The van der Waals surface area contributed by atoms with Gasteiger partial charge in [0.15, 0.2) is 9.84 Å². The van der Waals surface area contributed by atoms with Crippen LogP contribution in [0.2, 0.25) is 0 Å². The van der Waals surface area contributed by atoms with Crippen LogP contribution in [0.1, 0.15) is 92.4 Å². The molecular weight excluding hydrogens is 881 g/mol. The molecule has 0 spiro atoms. The third-order valence-electron chi connectivity index (χ3n) is 6.74. The van der Waals surface area contributed by atoms with E-state index in [2.05, 4.69) is 29.2 Å². The highest BCUT2D eigenvalue weighted by Gasteiger charge is 2.29. The van der Waals surface area contributed by atoms with Crippen molar-refractivity contribution >= 4 is 71.6 Å². The van der Waals surface area contributed by atoms with E-state index in [1.54, 1.807) is 6.07 Å². The summed E-state index contributed by atoms with van der Waals surface area (Å²) in [5.74, 6) is -1.64. The molecule has 0 aliphatic heterocycles. The van der Waals surface area contributed by atoms with E-state index in [1.165, 1.54) is 20.8 Å². The molecule has 2 amide bonds. The van der Waals surface area contributed by atoms with Gasteiger partial charge in [-0.3, -0.25) is 19.1 Å². The van der Waals surface area contributed by atoms with E-state index in [0.29, 0.717) is 4.43 Å². The number of carbonyl (C=O) groups excluding carboxylic acids is 5. The fraction of sp³-hybridized carbons (Fsp3) is 0.800. The van der Waals surface area contributed by atoms with Crippen molar-refractivity contribution in [3.8, 4) is 12.1 Å². The first kappa shape index (κ1) is 62.6. The molecule has 328 valence electrons. The van der Waals surface area contributed by atoms with Crippen molar-refractivity contribution < 1.29 is 40.8 Å². The number of nitriles is 2. The van der Waals surface area contributed by atoms with Crippen LogP contribution in [0.25, 0.3) is 0 Å². The maximum Gasteiger partial charge on any atom is 0.234 e. The Morgan fingerprint density at radius 3 is 1.36 bits per heavy atom. The lowest BCUT2D eigenvalue weighted by Gasteiger charge is -2.15. The minimum atomic E-state index is -3.60. The average molecular weight is 952 g/mol. The summed E-state index contributed by atoms with van der Waals surface area (Å²) in [6.45, 7) is 13.9. The summed E-state index contributed by atoms with van der Waals surface area (Å²) >= 11 is 1.99. The van der Waals surface area contributed by atoms with Gasteiger partial charge in [0.05, 0.1) is 34.5 Å². The van der Waals surface area contributed by atoms with Crippen LogP contribution in [0.15, 0.2) is 0 Å². The highest BCUT2D eigenvalue weighted by Crippen LogP contribution is 2.11. The number of alkyl halides is 1. The minimum Gasteiger partial charge on any atom is -0.356 e. The van der Waals surface area contributed by atoms with Gasteiger partial charge >= 0.3 is 0 Å². The number of sulfone groups is 1. The van der Waals surface area contributed by atoms with Crippen LogP contribution in [-0.4, -0.2) is 143 Å². The Kier molecular flexibility index (Phi) is 46.9. The van der Waals surface area contributed by atoms with Crippen LogP contribution < -0.4 is 27.2 Å². The van der Waals surface area contributed by atoms with Crippen LogP contribution in [0.3, 0.4) is 0 Å². The molecule has 0 saturated carbocycles. The lowest BCUT2D eigenvalue weighted by molar-refractivity contribution is -0.119. The molecule has 0 bridgehead atoms. The van der Waals surface area contributed by atoms with Gasteiger partial charge in [-0.2, -0.15) is 10.5 Å². The minimum absolute atomic E-state index is 0.0459. The molecule has 0 aromatic rings. The second-order valence-electron chi connectivity index (χ2n) is 12.6. The zero-order valence-corrected chi connectivity index (χ0v) is 38.4. The van der Waals surface area contributed by atoms with Gasteiger partial charge in [-0.1, -0.05) is 22.6 Å². The second kappa shape index (κ2) is 42.0. The van der Waals surface area contributed by atoms with Crippen LogP contribution in [0.4, 0.5) is 0 Å². The molecule has 0 heterocycles. The summed E-state index contributed by atoms with van der Waals surface area (Å²) in [6, 6.07) is 3.60. The molecule has 8 N–H and O–H groups in total. The number of hydrogen-bond acceptors (Lipinski definition) is 16. The van der Waals surface area contributed by atoms with Gasteiger partial charge in [-0.25, -0.2) is 16.8 Å². The smallest absolute Gasteiger partial charge is 0.234 e. The number of nitrogens with one attached hydrogen (secondary N) is 2. The van der Waals surface area contributed by atoms with Crippen molar-refractivity contribution in [2.45, 2.75) is 97.7 Å². The fourth-order valence-electron chi connectivity index (χ4n) is 3.97. The van der Waals surface area contributed by atoms with Crippen LogP contribution >= 0.6 is 22.6 Å². The molecule has 0 aromatic heterocycles. The van der Waals surface area contributed by atoms with E-state index in [9.17, 15) is 40.8 Å². The zero-order valence-electron chi connectivity index (χ0n) is 34.6. The van der Waals surface area contributed by atoms with Gasteiger partial charge in [0, 0.05) is 33.2 Å². The van der Waals surface area contributed by atoms with E-state index in [0.717, 1.165) is 91.9 Å². The number of nitrogens with zero attached hydrogens (tertiary/aromatic N) is 4. The number of carbonyl (C=O) groups is 5. The number of rotatable bonds is 25. The van der Waals surface area contributed by atoms with Crippen molar-refractivity contribution in [1.29, 1.82) is 10.5 Å². The molecule has 0 aliphatic carbocycles. The van der Waals surface area contributed by atoms with Gasteiger partial charge in [0.2, 0.25) is 21.8 Å². The molecule has 18 nitrogen and oxygen atoms in total. The van der Waals surface area contributed by atoms with E-state index in [-0.39, 0.29) is 61.1 Å². The number of nitrogens with two attached hydrogens (primary N) is 3. The first-order valence-corrected chi connectivity index (χ1v) is 23.2. The van der Waals surface area contributed by atoms with Crippen molar-refractivity contribution in [3.63, 3.8) is 0 Å². The normalized spacial score (nSPS) is 10.9. The summed E-state index contributed by atoms with van der Waals surface area (Å²) in [7, 11) is -2.96. The quantitative estimate of drug-likeness (QED) is 0.0481. The average Bonchev–Trinajstić information content (AvgIpc) is 3.09. The van der Waals surface area contributed by atoms with Gasteiger partial charge in [0.25, 0.3) is 0 Å². The third-order valence-corrected chi connectivity index (χ3v) is 10.7. The Hall–Kier alpha value is -2.64. The second-order valence-corrected chi connectivity index (χ2v) is 17.5. The summed E-state index contributed by atoms with van der Waals surface area (Å²) in [6.07, 6.45) is 4.73. The van der Waals surface area contributed by atoms with E-state index < -0.39 is 36.8 Å². The monoisotopic (exact) mass is 951 g/mol. The number of ketones is 3. The number of hydrogen-bond donors (Lipinski definition) is 5. The predicted octanol–water partition coefficient (Wildman–Crippen LogP) is 0.817. The maximum absolute atomic E-state index is 11.7. The molecule has 0 aliphatic rings. The fourth-order valence-corrected chi connectivity index (χ4v) is 6.70. The summed E-state index contributed by atoms with van der Waals surface area (Å²) in [5.41, 5.74) is 16.1. The van der Waals surface area contributed by atoms with Gasteiger partial charge in [0.1, 0.15) is 22.6 Å². The number of Topliss-reactive ketones (excluding diaryl/α,β-unsaturated/α-hetero) is 3.